The molecule has 236 valence electrons. The maximum absolute atomic E-state index is 13.5. The van der Waals surface area contributed by atoms with Crippen LogP contribution in [0.25, 0.3) is 0 Å². The Kier molecular flexibility index (Phi) is 9.23. The van der Waals surface area contributed by atoms with Gasteiger partial charge in [-0.25, -0.2) is 31.8 Å². The number of pyridine rings is 1. The number of nitrogens with two attached hydrogens (primary N) is 1. The number of aromatic nitrogens is 3. The van der Waals surface area contributed by atoms with E-state index in [1.165, 1.54) is 18.3 Å². The van der Waals surface area contributed by atoms with Crippen molar-refractivity contribution in [2.24, 2.45) is 5.92 Å². The minimum absolute atomic E-state index is 0.0788. The van der Waals surface area contributed by atoms with E-state index in [0.717, 1.165) is 14.9 Å². The van der Waals surface area contributed by atoms with Crippen LogP contribution < -0.4 is 11.1 Å². The van der Waals surface area contributed by atoms with Crippen LogP contribution in [0.1, 0.15) is 25.2 Å². The molecule has 3 heterocycles. The van der Waals surface area contributed by atoms with Crippen molar-refractivity contribution >= 4 is 25.9 Å². The molecule has 1 atom stereocenters. The molecule has 0 spiro atoms. The van der Waals surface area contributed by atoms with Gasteiger partial charge in [0.15, 0.2) is 5.82 Å². The largest absolute Gasteiger partial charge is 0.430 e. The number of aliphatic hydroxyl groups is 1. The Morgan fingerprint density at radius 2 is 1.67 bits per heavy atom. The van der Waals surface area contributed by atoms with Gasteiger partial charge in [-0.1, -0.05) is 13.8 Å². The Morgan fingerprint density at radius 3 is 2.14 bits per heavy atom. The summed E-state index contributed by atoms with van der Waals surface area (Å²) < 4.78 is 135. The predicted octanol–water partition coefficient (Wildman–Crippen LogP) is 1.17. The van der Waals surface area contributed by atoms with Crippen LogP contribution in [0.5, 0.6) is 0 Å². The molecule has 1 aliphatic heterocycles. The molecule has 2 aromatic heterocycles. The third-order valence-electron chi connectivity index (χ3n) is 6.49. The zero-order chi connectivity index (χ0) is 31.9. The molecular weight excluding hydrogens is 620 g/mol. The van der Waals surface area contributed by atoms with Crippen molar-refractivity contribution in [2.45, 2.75) is 42.2 Å². The summed E-state index contributed by atoms with van der Waals surface area (Å²) in [4.78, 5) is 10.7. The SMILES string of the molecule is CC(C)CN(C[C@@]1(c2ncc(C(O)(C(F)(F)F)C(F)(F)F)cn2)CN(S(=O)(=O)c2cccnc2N)CCN1)S(C)(=O)=O. The molecule has 1 aliphatic rings. The second-order valence-electron chi connectivity index (χ2n) is 10.2. The van der Waals surface area contributed by atoms with E-state index in [-0.39, 0.29) is 48.7 Å². The number of halogens is 6. The highest BCUT2D eigenvalue weighted by Gasteiger charge is 2.72. The van der Waals surface area contributed by atoms with Crippen molar-refractivity contribution in [3.63, 3.8) is 0 Å². The minimum Gasteiger partial charge on any atom is -0.383 e. The summed E-state index contributed by atoms with van der Waals surface area (Å²) in [5, 5.41) is 12.7. The number of alkyl halides is 6. The van der Waals surface area contributed by atoms with Crippen molar-refractivity contribution in [3.8, 4) is 0 Å². The number of hydrogen-bond acceptors (Lipinski definition) is 10. The number of nitrogen functional groups attached to an aromatic ring is 1. The quantitative estimate of drug-likeness (QED) is 0.335. The lowest BCUT2D eigenvalue weighted by molar-refractivity contribution is -0.376. The lowest BCUT2D eigenvalue weighted by atomic mass is 9.93. The predicted molar refractivity (Wildman–Crippen MR) is 136 cm³/mol. The van der Waals surface area contributed by atoms with Gasteiger partial charge in [-0.3, -0.25) is 0 Å². The van der Waals surface area contributed by atoms with Gasteiger partial charge in [0.2, 0.25) is 20.0 Å². The maximum atomic E-state index is 13.5. The number of nitrogens with zero attached hydrogens (tertiary/aromatic N) is 5. The highest BCUT2D eigenvalue weighted by Crippen LogP contribution is 2.49. The van der Waals surface area contributed by atoms with E-state index in [9.17, 15) is 48.3 Å². The first-order chi connectivity index (χ1) is 19.1. The van der Waals surface area contributed by atoms with Gasteiger partial charge in [-0.05, 0) is 18.1 Å². The summed E-state index contributed by atoms with van der Waals surface area (Å²) in [6.45, 7) is 1.82. The van der Waals surface area contributed by atoms with Crippen LogP contribution in [-0.2, 0) is 31.2 Å². The monoisotopic (exact) mass is 649 g/mol. The number of rotatable bonds is 9. The molecule has 0 unspecified atom stereocenters. The number of hydrogen-bond donors (Lipinski definition) is 3. The Bertz CT molecular complexity index is 1470. The topological polar surface area (TPSA) is 172 Å². The van der Waals surface area contributed by atoms with Crippen LogP contribution in [0.4, 0.5) is 32.2 Å². The van der Waals surface area contributed by atoms with E-state index in [2.05, 4.69) is 20.3 Å². The second-order valence-corrected chi connectivity index (χ2v) is 14.1. The Morgan fingerprint density at radius 1 is 1.10 bits per heavy atom. The van der Waals surface area contributed by atoms with Crippen LogP contribution in [-0.4, -0.2) is 96.8 Å². The van der Waals surface area contributed by atoms with Gasteiger partial charge in [0.25, 0.3) is 5.60 Å². The fourth-order valence-electron chi connectivity index (χ4n) is 4.42. The van der Waals surface area contributed by atoms with Crippen molar-refractivity contribution in [1.29, 1.82) is 0 Å². The average Bonchev–Trinajstić information content (AvgIpc) is 2.86. The third kappa shape index (κ3) is 6.47. The van der Waals surface area contributed by atoms with Crippen LogP contribution in [0.3, 0.4) is 0 Å². The maximum Gasteiger partial charge on any atom is 0.430 e. The molecule has 0 aromatic carbocycles. The third-order valence-corrected chi connectivity index (χ3v) is 9.60. The molecule has 3 rings (SSSR count). The van der Waals surface area contributed by atoms with Crippen LogP contribution in [0.15, 0.2) is 35.6 Å². The van der Waals surface area contributed by atoms with Crippen LogP contribution >= 0.6 is 0 Å². The van der Waals surface area contributed by atoms with E-state index in [1.54, 1.807) is 13.8 Å². The normalized spacial score (nSPS) is 19.9. The summed E-state index contributed by atoms with van der Waals surface area (Å²) >= 11 is 0. The summed E-state index contributed by atoms with van der Waals surface area (Å²) in [5.74, 6) is -1.10. The van der Waals surface area contributed by atoms with E-state index in [1.807, 2.05) is 0 Å². The van der Waals surface area contributed by atoms with Crippen molar-refractivity contribution < 1.29 is 48.3 Å². The molecule has 1 fully saturated rings. The van der Waals surface area contributed by atoms with Gasteiger partial charge in [0.05, 0.1) is 6.26 Å². The van der Waals surface area contributed by atoms with Crippen LogP contribution in [0, 0.1) is 5.92 Å². The van der Waals surface area contributed by atoms with Crippen molar-refractivity contribution in [2.75, 3.05) is 44.7 Å². The Labute approximate surface area is 238 Å². The molecule has 0 bridgehead atoms. The van der Waals surface area contributed by atoms with E-state index >= 15 is 0 Å². The molecular formula is C22H29F6N7O5S2. The zero-order valence-electron chi connectivity index (χ0n) is 22.5. The second kappa shape index (κ2) is 11.5. The summed E-state index contributed by atoms with van der Waals surface area (Å²) in [7, 11) is -8.38. The summed E-state index contributed by atoms with van der Waals surface area (Å²) in [6.07, 6.45) is -10.0. The fraction of sp³-hybridized carbons (Fsp3) is 0.591. The zero-order valence-corrected chi connectivity index (χ0v) is 24.1. The molecule has 12 nitrogen and oxygen atoms in total. The van der Waals surface area contributed by atoms with Crippen LogP contribution in [0.2, 0.25) is 0 Å². The Hall–Kier alpha value is -2.65. The number of sulfonamides is 2. The number of nitrogens with one attached hydrogen (secondary N) is 1. The molecule has 2 aromatic rings. The minimum atomic E-state index is -6.20. The van der Waals surface area contributed by atoms with Gasteiger partial charge >= 0.3 is 12.4 Å². The first-order valence-electron chi connectivity index (χ1n) is 12.2. The molecule has 4 N–H and O–H groups in total. The lowest BCUT2D eigenvalue weighted by Gasteiger charge is -2.44. The molecule has 0 amide bonds. The van der Waals surface area contributed by atoms with Gasteiger partial charge in [0.1, 0.15) is 16.3 Å². The fourth-order valence-corrected chi connectivity index (χ4v) is 7.01. The highest BCUT2D eigenvalue weighted by atomic mass is 32.2. The molecule has 0 aliphatic carbocycles. The average molecular weight is 650 g/mol. The highest BCUT2D eigenvalue weighted by molar-refractivity contribution is 7.89. The van der Waals surface area contributed by atoms with Gasteiger partial charge in [-0.2, -0.15) is 35.0 Å². The summed E-state index contributed by atoms with van der Waals surface area (Å²) in [5.41, 5.74) is -3.16. The molecule has 0 radical (unpaired) electrons. The molecule has 1 saturated heterocycles. The first kappa shape index (κ1) is 33.8. The molecule has 20 heteroatoms. The van der Waals surface area contributed by atoms with E-state index in [0.29, 0.717) is 0 Å². The van der Waals surface area contributed by atoms with Gasteiger partial charge in [0, 0.05) is 56.9 Å². The van der Waals surface area contributed by atoms with Gasteiger partial charge in [-0.15, -0.1) is 0 Å². The smallest absolute Gasteiger partial charge is 0.383 e. The van der Waals surface area contributed by atoms with Gasteiger partial charge < -0.3 is 16.2 Å². The first-order valence-corrected chi connectivity index (χ1v) is 15.4. The Balaban J connectivity index is 2.18. The van der Waals surface area contributed by atoms with Crippen molar-refractivity contribution in [1.82, 2.24) is 28.9 Å². The van der Waals surface area contributed by atoms with Crippen molar-refractivity contribution in [3.05, 3.63) is 42.1 Å². The standard InChI is InChI=1S/C22H29F6N7O5S2/c1-14(2)11-35(41(3,37)38)13-19(12-34(8-7-33-19)42(39,40)16-5-4-6-30-17(16)29)18-31-9-15(10-32-18)20(36,21(23,24)25)22(26,27)28/h4-6,9-10,14,33,36H,7-8,11-13H2,1-3H3,(H2,29,30)/t19-/m1/s1. The lowest BCUT2D eigenvalue weighted by Crippen LogP contribution is -2.64. The van der Waals surface area contributed by atoms with E-state index in [4.69, 9.17) is 5.73 Å². The van der Waals surface area contributed by atoms with E-state index < -0.39 is 68.0 Å². The number of piperazine rings is 1. The molecule has 0 saturated carbocycles. The number of anilines is 1. The molecule has 42 heavy (non-hydrogen) atoms. The summed E-state index contributed by atoms with van der Waals surface area (Å²) in [6, 6.07) is 2.50.